The molecule has 11 rings (SSSR count). The molecule has 0 saturated heterocycles. The fraction of sp³-hybridized carbons (Fsp3) is 0. The lowest BCUT2D eigenvalue weighted by atomic mass is 9.89. The Morgan fingerprint density at radius 2 is 0.891 bits per heavy atom. The van der Waals surface area contributed by atoms with Crippen LogP contribution in [0.25, 0.3) is 109 Å². The monoisotopic (exact) mass is 716 g/mol. The standard InChI is InChI=1S/C52H32N2S/c1-2-13-34(14-3-1)52-53-47(38-17-10-16-35(28-38)36-25-27-50-46(30-36)43-22-8-9-23-49(43)55-50)32-48(54-52)39-18-11-19-40(29-39)51-42-21-7-5-15-37(42)31-45-41-20-6-4-12-33(41)24-26-44(45)51/h1-32H. The van der Waals surface area contributed by atoms with E-state index in [0.29, 0.717) is 5.82 Å². The minimum atomic E-state index is 0.706. The molecule has 2 heterocycles. The molecule has 0 fully saturated rings. The molecule has 0 unspecified atom stereocenters. The Morgan fingerprint density at radius 1 is 0.291 bits per heavy atom. The van der Waals surface area contributed by atoms with Crippen molar-refractivity contribution >= 4 is 63.8 Å². The summed E-state index contributed by atoms with van der Waals surface area (Å²) in [6.07, 6.45) is 0. The number of benzene rings is 9. The number of aromatic nitrogens is 2. The van der Waals surface area contributed by atoms with Gasteiger partial charge in [-0.25, -0.2) is 9.97 Å². The molecule has 0 radical (unpaired) electrons. The Bertz CT molecular complexity index is 3270. The van der Waals surface area contributed by atoms with Gasteiger partial charge in [-0.15, -0.1) is 11.3 Å². The van der Waals surface area contributed by atoms with Gasteiger partial charge in [-0.1, -0.05) is 152 Å². The highest BCUT2D eigenvalue weighted by Gasteiger charge is 2.16. The van der Waals surface area contributed by atoms with Crippen molar-refractivity contribution in [2.45, 2.75) is 0 Å². The topological polar surface area (TPSA) is 25.8 Å². The number of hydrogen-bond donors (Lipinski definition) is 0. The highest BCUT2D eigenvalue weighted by Crippen LogP contribution is 2.41. The van der Waals surface area contributed by atoms with Crippen molar-refractivity contribution in [3.05, 3.63) is 194 Å². The largest absolute Gasteiger partial charge is 0.228 e. The zero-order valence-electron chi connectivity index (χ0n) is 29.8. The summed E-state index contributed by atoms with van der Waals surface area (Å²) in [6, 6.07) is 69.9. The van der Waals surface area contributed by atoms with E-state index >= 15 is 0 Å². The third-order valence-corrected chi connectivity index (χ3v) is 12.0. The van der Waals surface area contributed by atoms with Gasteiger partial charge in [0.2, 0.25) is 0 Å². The third-order valence-electron chi connectivity index (χ3n) is 10.8. The molecule has 0 aliphatic carbocycles. The molecule has 0 atom stereocenters. The Kier molecular flexibility index (Phi) is 7.39. The summed E-state index contributed by atoms with van der Waals surface area (Å²) < 4.78 is 2.62. The van der Waals surface area contributed by atoms with Crippen LogP contribution in [0, 0.1) is 0 Å². The van der Waals surface area contributed by atoms with Gasteiger partial charge in [0.15, 0.2) is 5.82 Å². The van der Waals surface area contributed by atoms with E-state index in [4.69, 9.17) is 9.97 Å². The molecule has 2 nitrogen and oxygen atoms in total. The van der Waals surface area contributed by atoms with Crippen LogP contribution in [0.1, 0.15) is 0 Å². The first kappa shape index (κ1) is 31.6. The molecule has 0 aliphatic heterocycles. The third kappa shape index (κ3) is 5.48. The first-order valence-corrected chi connectivity index (χ1v) is 19.5. The molecule has 0 aliphatic rings. The van der Waals surface area contributed by atoms with Gasteiger partial charge in [0.25, 0.3) is 0 Å². The number of thiophene rings is 1. The van der Waals surface area contributed by atoms with Gasteiger partial charge in [-0.2, -0.15) is 0 Å². The molecule has 0 bridgehead atoms. The number of nitrogens with zero attached hydrogens (tertiary/aromatic N) is 2. The lowest BCUT2D eigenvalue weighted by Gasteiger charge is -2.15. The van der Waals surface area contributed by atoms with Gasteiger partial charge in [0, 0.05) is 36.9 Å². The van der Waals surface area contributed by atoms with Crippen molar-refractivity contribution in [1.29, 1.82) is 0 Å². The molecule has 0 N–H and O–H groups in total. The van der Waals surface area contributed by atoms with Crippen molar-refractivity contribution in [3.63, 3.8) is 0 Å². The molecular formula is C52H32N2S. The first-order chi connectivity index (χ1) is 27.2. The lowest BCUT2D eigenvalue weighted by Crippen LogP contribution is -1.96. The molecule has 0 spiro atoms. The molecular weight excluding hydrogens is 685 g/mol. The van der Waals surface area contributed by atoms with E-state index in [1.165, 1.54) is 63.6 Å². The van der Waals surface area contributed by atoms with Crippen molar-refractivity contribution in [2.75, 3.05) is 0 Å². The predicted molar refractivity (Wildman–Crippen MR) is 235 cm³/mol. The summed E-state index contributed by atoms with van der Waals surface area (Å²) >= 11 is 1.85. The summed E-state index contributed by atoms with van der Waals surface area (Å²) in [6.45, 7) is 0. The Labute approximate surface area is 322 Å². The first-order valence-electron chi connectivity index (χ1n) is 18.6. The van der Waals surface area contributed by atoms with Crippen molar-refractivity contribution in [2.24, 2.45) is 0 Å². The van der Waals surface area contributed by atoms with Gasteiger partial charge in [0.05, 0.1) is 11.4 Å². The Hall–Kier alpha value is -6.94. The van der Waals surface area contributed by atoms with Crippen LogP contribution in [-0.2, 0) is 0 Å². The lowest BCUT2D eigenvalue weighted by molar-refractivity contribution is 1.18. The van der Waals surface area contributed by atoms with E-state index in [1.807, 2.05) is 29.5 Å². The van der Waals surface area contributed by atoms with E-state index in [0.717, 1.165) is 39.2 Å². The van der Waals surface area contributed by atoms with Crippen LogP contribution >= 0.6 is 11.3 Å². The quantitative estimate of drug-likeness (QED) is 0.131. The van der Waals surface area contributed by atoms with Crippen molar-refractivity contribution in [1.82, 2.24) is 9.97 Å². The maximum Gasteiger partial charge on any atom is 0.160 e. The normalized spacial score (nSPS) is 11.6. The van der Waals surface area contributed by atoms with Gasteiger partial charge in [-0.05, 0) is 97.0 Å². The molecule has 0 amide bonds. The summed E-state index contributed by atoms with van der Waals surface area (Å²) in [5.41, 5.74) is 9.61. The van der Waals surface area contributed by atoms with Crippen LogP contribution in [-0.4, -0.2) is 9.97 Å². The van der Waals surface area contributed by atoms with Crippen molar-refractivity contribution < 1.29 is 0 Å². The minimum absolute atomic E-state index is 0.706. The van der Waals surface area contributed by atoms with Crippen LogP contribution in [0.4, 0.5) is 0 Å². The van der Waals surface area contributed by atoms with Crippen LogP contribution in [0.3, 0.4) is 0 Å². The Morgan fingerprint density at radius 3 is 1.71 bits per heavy atom. The molecule has 2 aromatic heterocycles. The summed E-state index contributed by atoms with van der Waals surface area (Å²) in [5, 5.41) is 10.1. The second-order valence-corrected chi connectivity index (χ2v) is 15.2. The summed E-state index contributed by atoms with van der Waals surface area (Å²) in [5.74, 6) is 0.706. The maximum absolute atomic E-state index is 5.23. The highest BCUT2D eigenvalue weighted by molar-refractivity contribution is 7.25. The van der Waals surface area contributed by atoms with E-state index in [2.05, 4.69) is 176 Å². The molecule has 0 saturated carbocycles. The van der Waals surface area contributed by atoms with Crippen LogP contribution < -0.4 is 0 Å². The van der Waals surface area contributed by atoms with Crippen molar-refractivity contribution in [3.8, 4) is 56.2 Å². The average Bonchev–Trinajstić information content (AvgIpc) is 3.64. The SMILES string of the molecule is c1ccc(-c2nc(-c3cccc(-c4ccc5sc6ccccc6c5c4)c3)cc(-c3cccc(-c4c5ccccc5cc5c4ccc4ccccc45)c3)n2)cc1. The second-order valence-electron chi connectivity index (χ2n) is 14.2. The number of hydrogen-bond acceptors (Lipinski definition) is 3. The zero-order valence-corrected chi connectivity index (χ0v) is 30.6. The molecule has 55 heavy (non-hydrogen) atoms. The van der Waals surface area contributed by atoms with Crippen LogP contribution in [0.15, 0.2) is 194 Å². The Balaban J connectivity index is 1.07. The van der Waals surface area contributed by atoms with E-state index in [-0.39, 0.29) is 0 Å². The summed E-state index contributed by atoms with van der Waals surface area (Å²) in [4.78, 5) is 10.4. The van der Waals surface area contributed by atoms with E-state index < -0.39 is 0 Å². The number of rotatable bonds is 5. The second kappa shape index (κ2) is 12.9. The fourth-order valence-electron chi connectivity index (χ4n) is 8.19. The minimum Gasteiger partial charge on any atom is -0.228 e. The van der Waals surface area contributed by atoms with Gasteiger partial charge in [-0.3, -0.25) is 0 Å². The van der Waals surface area contributed by atoms with E-state index in [9.17, 15) is 0 Å². The molecule has 9 aromatic carbocycles. The maximum atomic E-state index is 5.23. The van der Waals surface area contributed by atoms with Gasteiger partial charge >= 0.3 is 0 Å². The van der Waals surface area contributed by atoms with E-state index in [1.54, 1.807) is 0 Å². The number of fused-ring (bicyclic) bond motifs is 7. The zero-order chi connectivity index (χ0) is 36.3. The van der Waals surface area contributed by atoms with Crippen LogP contribution in [0.5, 0.6) is 0 Å². The highest BCUT2D eigenvalue weighted by atomic mass is 32.1. The smallest absolute Gasteiger partial charge is 0.160 e. The molecule has 256 valence electrons. The van der Waals surface area contributed by atoms with Gasteiger partial charge in [0.1, 0.15) is 0 Å². The van der Waals surface area contributed by atoms with Gasteiger partial charge < -0.3 is 0 Å². The average molecular weight is 717 g/mol. The fourth-order valence-corrected chi connectivity index (χ4v) is 9.27. The molecule has 11 aromatic rings. The predicted octanol–water partition coefficient (Wildman–Crippen LogP) is 14.6. The molecule has 3 heteroatoms. The van der Waals surface area contributed by atoms with Crippen LogP contribution in [0.2, 0.25) is 0 Å². The summed E-state index contributed by atoms with van der Waals surface area (Å²) in [7, 11) is 0.